The van der Waals surface area contributed by atoms with Gasteiger partial charge in [-0.05, 0) is 33.1 Å². The van der Waals surface area contributed by atoms with Crippen LogP contribution < -0.4 is 10.6 Å². The molecule has 5 heteroatoms. The number of aliphatic hydroxyl groups is 1. The average molecular weight is 238 g/mol. The molecule has 1 aromatic rings. The van der Waals surface area contributed by atoms with E-state index in [-0.39, 0.29) is 12.6 Å². The van der Waals surface area contributed by atoms with Gasteiger partial charge in [0.1, 0.15) is 0 Å². The topological polar surface area (TPSA) is 67.3 Å². The molecule has 0 saturated carbocycles. The van der Waals surface area contributed by atoms with Gasteiger partial charge in [0.05, 0.1) is 24.0 Å². The first kappa shape index (κ1) is 12.2. The minimum absolute atomic E-state index is 0.187. The number of aliphatic hydroxyl groups excluding tert-OH is 1. The number of anilines is 2. The van der Waals surface area contributed by atoms with Gasteiger partial charge in [0.25, 0.3) is 0 Å². The summed E-state index contributed by atoms with van der Waals surface area (Å²) in [6, 6.07) is 0.187. The van der Waals surface area contributed by atoms with Crippen molar-refractivity contribution in [1.82, 2.24) is 9.78 Å². The SMILES string of the molecule is CCn1nc(C)c(N)c1N1CCCCC1CO. The van der Waals surface area contributed by atoms with E-state index in [2.05, 4.69) is 16.9 Å². The summed E-state index contributed by atoms with van der Waals surface area (Å²) in [5, 5.41) is 13.9. The van der Waals surface area contributed by atoms with Crippen LogP contribution in [-0.4, -0.2) is 34.1 Å². The van der Waals surface area contributed by atoms with Gasteiger partial charge in [-0.1, -0.05) is 0 Å². The Morgan fingerprint density at radius 2 is 2.24 bits per heavy atom. The van der Waals surface area contributed by atoms with Crippen LogP contribution >= 0.6 is 0 Å². The molecule has 1 fully saturated rings. The molecular weight excluding hydrogens is 216 g/mol. The van der Waals surface area contributed by atoms with Crippen molar-refractivity contribution in [3.8, 4) is 0 Å². The van der Waals surface area contributed by atoms with E-state index >= 15 is 0 Å². The maximum atomic E-state index is 9.47. The van der Waals surface area contributed by atoms with E-state index in [4.69, 9.17) is 5.73 Å². The summed E-state index contributed by atoms with van der Waals surface area (Å²) < 4.78 is 1.94. The van der Waals surface area contributed by atoms with Crippen molar-refractivity contribution in [2.75, 3.05) is 23.8 Å². The molecule has 3 N–H and O–H groups in total. The largest absolute Gasteiger partial charge is 0.394 e. The second-order valence-electron chi connectivity index (χ2n) is 4.66. The minimum Gasteiger partial charge on any atom is -0.394 e. The highest BCUT2D eigenvalue weighted by Crippen LogP contribution is 2.31. The first-order chi connectivity index (χ1) is 8.19. The van der Waals surface area contributed by atoms with Crippen LogP contribution in [0.2, 0.25) is 0 Å². The normalized spacial score (nSPS) is 20.9. The lowest BCUT2D eigenvalue weighted by atomic mass is 10.0. The molecule has 1 aliphatic rings. The van der Waals surface area contributed by atoms with Gasteiger partial charge in [0, 0.05) is 13.1 Å². The van der Waals surface area contributed by atoms with Gasteiger partial charge in [-0.3, -0.25) is 0 Å². The Balaban J connectivity index is 2.36. The highest BCUT2D eigenvalue weighted by molar-refractivity contribution is 5.66. The van der Waals surface area contributed by atoms with E-state index in [1.165, 1.54) is 6.42 Å². The summed E-state index contributed by atoms with van der Waals surface area (Å²) >= 11 is 0. The Hall–Kier alpha value is -1.23. The standard InChI is InChI=1S/C12H22N4O/c1-3-16-12(11(13)9(2)14-16)15-7-5-4-6-10(15)8-17/h10,17H,3-8,13H2,1-2H3. The van der Waals surface area contributed by atoms with Crippen molar-refractivity contribution < 1.29 is 5.11 Å². The molecule has 17 heavy (non-hydrogen) atoms. The Labute approximate surface area is 102 Å². The number of nitrogens with two attached hydrogens (primary N) is 1. The molecule has 96 valence electrons. The van der Waals surface area contributed by atoms with Crippen molar-refractivity contribution in [2.24, 2.45) is 0 Å². The number of aryl methyl sites for hydroxylation is 2. The molecule has 0 aliphatic carbocycles. The van der Waals surface area contributed by atoms with Crippen LogP contribution in [0.15, 0.2) is 0 Å². The van der Waals surface area contributed by atoms with E-state index in [9.17, 15) is 5.11 Å². The zero-order valence-electron chi connectivity index (χ0n) is 10.7. The first-order valence-corrected chi connectivity index (χ1v) is 6.39. The van der Waals surface area contributed by atoms with Crippen LogP contribution in [0.4, 0.5) is 11.5 Å². The molecular formula is C12H22N4O. The summed E-state index contributed by atoms with van der Waals surface area (Å²) in [5.41, 5.74) is 7.76. The van der Waals surface area contributed by atoms with Gasteiger partial charge in [0.2, 0.25) is 0 Å². The second-order valence-corrected chi connectivity index (χ2v) is 4.66. The molecule has 2 heterocycles. The van der Waals surface area contributed by atoms with Crippen LogP contribution in [0.5, 0.6) is 0 Å². The molecule has 1 saturated heterocycles. The van der Waals surface area contributed by atoms with Crippen molar-refractivity contribution >= 4 is 11.5 Å². The van der Waals surface area contributed by atoms with Gasteiger partial charge >= 0.3 is 0 Å². The third kappa shape index (κ3) is 2.11. The van der Waals surface area contributed by atoms with E-state index in [0.29, 0.717) is 0 Å². The van der Waals surface area contributed by atoms with Crippen LogP contribution in [0.25, 0.3) is 0 Å². The van der Waals surface area contributed by atoms with Crippen molar-refractivity contribution in [3.63, 3.8) is 0 Å². The molecule has 1 aromatic heterocycles. The van der Waals surface area contributed by atoms with Crippen LogP contribution in [0, 0.1) is 6.92 Å². The molecule has 2 rings (SSSR count). The summed E-state index contributed by atoms with van der Waals surface area (Å²) in [5.74, 6) is 0.990. The monoisotopic (exact) mass is 238 g/mol. The fourth-order valence-electron chi connectivity index (χ4n) is 2.58. The average Bonchev–Trinajstić information content (AvgIpc) is 2.65. The first-order valence-electron chi connectivity index (χ1n) is 6.39. The Bertz CT molecular complexity index is 388. The van der Waals surface area contributed by atoms with Crippen molar-refractivity contribution in [1.29, 1.82) is 0 Å². The van der Waals surface area contributed by atoms with Gasteiger partial charge in [-0.15, -0.1) is 0 Å². The molecule has 0 spiro atoms. The van der Waals surface area contributed by atoms with E-state index in [1.54, 1.807) is 0 Å². The van der Waals surface area contributed by atoms with Gasteiger partial charge < -0.3 is 15.7 Å². The van der Waals surface area contributed by atoms with Crippen LogP contribution in [0.1, 0.15) is 31.9 Å². The summed E-state index contributed by atoms with van der Waals surface area (Å²) in [6.07, 6.45) is 3.37. The van der Waals surface area contributed by atoms with E-state index in [0.717, 1.165) is 43.1 Å². The lowest BCUT2D eigenvalue weighted by Gasteiger charge is -2.36. The number of nitrogen functional groups attached to an aromatic ring is 1. The number of hydrogen-bond acceptors (Lipinski definition) is 4. The Morgan fingerprint density at radius 3 is 2.88 bits per heavy atom. The Morgan fingerprint density at radius 1 is 1.47 bits per heavy atom. The maximum Gasteiger partial charge on any atom is 0.150 e. The Kier molecular flexibility index (Phi) is 3.57. The summed E-state index contributed by atoms with van der Waals surface area (Å²) in [6.45, 7) is 5.95. The molecule has 0 aromatic carbocycles. The van der Waals surface area contributed by atoms with Gasteiger partial charge in [0.15, 0.2) is 5.82 Å². The fourth-order valence-corrected chi connectivity index (χ4v) is 2.58. The quantitative estimate of drug-likeness (QED) is 0.829. The van der Waals surface area contributed by atoms with Crippen LogP contribution in [-0.2, 0) is 6.54 Å². The van der Waals surface area contributed by atoms with Crippen molar-refractivity contribution in [3.05, 3.63) is 5.69 Å². The molecule has 5 nitrogen and oxygen atoms in total. The maximum absolute atomic E-state index is 9.47. The molecule has 1 unspecified atom stereocenters. The zero-order valence-corrected chi connectivity index (χ0v) is 10.7. The molecule has 1 aliphatic heterocycles. The number of hydrogen-bond donors (Lipinski definition) is 2. The number of aromatic nitrogens is 2. The molecule has 0 bridgehead atoms. The zero-order chi connectivity index (χ0) is 12.4. The lowest BCUT2D eigenvalue weighted by molar-refractivity contribution is 0.238. The molecule has 0 amide bonds. The summed E-state index contributed by atoms with van der Waals surface area (Å²) in [7, 11) is 0. The van der Waals surface area contributed by atoms with Crippen LogP contribution in [0.3, 0.4) is 0 Å². The second kappa shape index (κ2) is 4.96. The molecule has 0 radical (unpaired) electrons. The van der Waals surface area contributed by atoms with Gasteiger partial charge in [-0.2, -0.15) is 5.10 Å². The smallest absolute Gasteiger partial charge is 0.150 e. The fraction of sp³-hybridized carbons (Fsp3) is 0.750. The number of nitrogens with zero attached hydrogens (tertiary/aromatic N) is 3. The third-order valence-corrected chi connectivity index (χ3v) is 3.56. The number of rotatable bonds is 3. The van der Waals surface area contributed by atoms with Gasteiger partial charge in [-0.25, -0.2) is 4.68 Å². The predicted molar refractivity (Wildman–Crippen MR) is 69.1 cm³/mol. The highest BCUT2D eigenvalue weighted by atomic mass is 16.3. The number of piperidine rings is 1. The molecule has 1 atom stereocenters. The van der Waals surface area contributed by atoms with E-state index < -0.39 is 0 Å². The lowest BCUT2D eigenvalue weighted by Crippen LogP contribution is -2.43. The highest BCUT2D eigenvalue weighted by Gasteiger charge is 2.27. The predicted octanol–water partition coefficient (Wildman–Crippen LogP) is 1.14. The summed E-state index contributed by atoms with van der Waals surface area (Å²) in [4.78, 5) is 2.22. The van der Waals surface area contributed by atoms with E-state index in [1.807, 2.05) is 11.6 Å². The van der Waals surface area contributed by atoms with Crippen molar-refractivity contribution in [2.45, 2.75) is 45.7 Å². The minimum atomic E-state index is 0.187. The third-order valence-electron chi connectivity index (χ3n) is 3.56.